The van der Waals surface area contributed by atoms with Gasteiger partial charge in [-0.3, -0.25) is 0 Å². The molecule has 0 aromatic heterocycles. The summed E-state index contributed by atoms with van der Waals surface area (Å²) in [5.74, 6) is -0.987. The molecule has 0 saturated carbocycles. The van der Waals surface area contributed by atoms with Gasteiger partial charge in [0, 0.05) is 0 Å². The van der Waals surface area contributed by atoms with Crippen molar-refractivity contribution in [2.45, 2.75) is 13.8 Å². The molecule has 0 aliphatic heterocycles. The SMILES string of the molecule is Cc1cc(C(=O)O)cc(C)c1-c1cccc([O-])c1. The zero-order valence-electron chi connectivity index (χ0n) is 10.2. The number of carboxylic acid groups (broad SMARTS) is 1. The monoisotopic (exact) mass is 241 g/mol. The van der Waals surface area contributed by atoms with Crippen LogP contribution >= 0.6 is 0 Å². The highest BCUT2D eigenvalue weighted by atomic mass is 16.4. The van der Waals surface area contributed by atoms with E-state index in [0.29, 0.717) is 0 Å². The normalized spacial score (nSPS) is 10.3. The van der Waals surface area contributed by atoms with Gasteiger partial charge in [-0.15, -0.1) is 5.75 Å². The molecule has 0 aliphatic rings. The number of carbonyl (C=O) groups is 1. The Balaban J connectivity index is 2.62. The van der Waals surface area contributed by atoms with Crippen LogP contribution in [0.5, 0.6) is 5.75 Å². The number of hydrogen-bond donors (Lipinski definition) is 1. The van der Waals surface area contributed by atoms with Crippen LogP contribution < -0.4 is 5.11 Å². The highest BCUT2D eigenvalue weighted by Crippen LogP contribution is 2.29. The topological polar surface area (TPSA) is 60.4 Å². The zero-order chi connectivity index (χ0) is 13.3. The standard InChI is InChI=1S/C15H14O3/c1-9-6-12(15(17)18)7-10(2)14(9)11-4-3-5-13(16)8-11/h3-8,16H,1-2H3,(H,17,18)/p-1. The first kappa shape index (κ1) is 12.2. The van der Waals surface area contributed by atoms with Crippen LogP contribution in [0.2, 0.25) is 0 Å². The van der Waals surface area contributed by atoms with Gasteiger partial charge in [-0.2, -0.15) is 0 Å². The van der Waals surface area contributed by atoms with Crippen LogP contribution in [0.3, 0.4) is 0 Å². The molecule has 1 N–H and O–H groups in total. The molecule has 3 heteroatoms. The number of aromatic carboxylic acids is 1. The summed E-state index contributed by atoms with van der Waals surface area (Å²) in [7, 11) is 0. The van der Waals surface area contributed by atoms with Crippen molar-refractivity contribution in [2.75, 3.05) is 0 Å². The van der Waals surface area contributed by atoms with Crippen LogP contribution in [0.1, 0.15) is 21.5 Å². The number of aryl methyl sites for hydroxylation is 2. The van der Waals surface area contributed by atoms with Crippen LogP contribution in [0.4, 0.5) is 0 Å². The Hall–Kier alpha value is -2.29. The molecule has 0 aliphatic carbocycles. The van der Waals surface area contributed by atoms with E-state index >= 15 is 0 Å². The minimum atomic E-state index is -0.940. The molecule has 0 unspecified atom stereocenters. The lowest BCUT2D eigenvalue weighted by atomic mass is 9.93. The largest absolute Gasteiger partial charge is 0.872 e. The van der Waals surface area contributed by atoms with Gasteiger partial charge in [-0.25, -0.2) is 4.79 Å². The minimum absolute atomic E-state index is 0.0476. The summed E-state index contributed by atoms with van der Waals surface area (Å²) in [6, 6.07) is 9.89. The lowest BCUT2D eigenvalue weighted by Gasteiger charge is -2.14. The molecule has 0 heterocycles. The van der Waals surface area contributed by atoms with Gasteiger partial charge in [0.2, 0.25) is 0 Å². The summed E-state index contributed by atoms with van der Waals surface area (Å²) >= 11 is 0. The highest BCUT2D eigenvalue weighted by molar-refractivity contribution is 5.89. The third-order valence-corrected chi connectivity index (χ3v) is 2.90. The van der Waals surface area contributed by atoms with Crippen molar-refractivity contribution >= 4 is 5.97 Å². The van der Waals surface area contributed by atoms with Crippen LogP contribution in [-0.4, -0.2) is 11.1 Å². The van der Waals surface area contributed by atoms with Crippen molar-refractivity contribution < 1.29 is 15.0 Å². The molecular formula is C15H13O3-. The maximum absolute atomic E-state index is 11.4. The molecule has 2 aromatic carbocycles. The molecule has 0 spiro atoms. The summed E-state index contributed by atoms with van der Waals surface area (Å²) in [4.78, 5) is 11.0. The van der Waals surface area contributed by atoms with Gasteiger partial charge in [0.05, 0.1) is 5.56 Å². The van der Waals surface area contributed by atoms with Crippen molar-refractivity contribution in [3.63, 3.8) is 0 Å². The maximum atomic E-state index is 11.4. The van der Waals surface area contributed by atoms with Gasteiger partial charge >= 0.3 is 5.97 Å². The molecule has 18 heavy (non-hydrogen) atoms. The number of rotatable bonds is 2. The lowest BCUT2D eigenvalue weighted by molar-refractivity contribution is -0.268. The summed E-state index contributed by atoms with van der Waals surface area (Å²) in [6.07, 6.45) is 0. The Bertz CT molecular complexity index is 592. The zero-order valence-corrected chi connectivity index (χ0v) is 10.2. The Kier molecular flexibility index (Phi) is 3.06. The molecule has 0 amide bonds. The first-order chi connectivity index (χ1) is 8.49. The fraction of sp³-hybridized carbons (Fsp3) is 0.133. The van der Waals surface area contributed by atoms with Gasteiger partial charge in [0.15, 0.2) is 0 Å². The van der Waals surface area contributed by atoms with Gasteiger partial charge in [-0.1, -0.05) is 24.3 Å². The third-order valence-electron chi connectivity index (χ3n) is 2.90. The Morgan fingerprint density at radius 1 is 1.11 bits per heavy atom. The highest BCUT2D eigenvalue weighted by Gasteiger charge is 2.10. The Labute approximate surface area is 105 Å². The van der Waals surface area contributed by atoms with Crippen molar-refractivity contribution in [2.24, 2.45) is 0 Å². The molecule has 0 bridgehead atoms. The Morgan fingerprint density at radius 2 is 1.72 bits per heavy atom. The van der Waals surface area contributed by atoms with E-state index in [4.69, 9.17) is 5.11 Å². The van der Waals surface area contributed by atoms with E-state index in [1.165, 1.54) is 6.07 Å². The second-order valence-electron chi connectivity index (χ2n) is 4.32. The van der Waals surface area contributed by atoms with E-state index in [9.17, 15) is 9.90 Å². The average Bonchev–Trinajstić information content (AvgIpc) is 2.27. The number of hydrogen-bond acceptors (Lipinski definition) is 2. The van der Waals surface area contributed by atoms with E-state index in [-0.39, 0.29) is 11.3 Å². The van der Waals surface area contributed by atoms with Crippen molar-refractivity contribution in [3.8, 4) is 16.9 Å². The van der Waals surface area contributed by atoms with Crippen LogP contribution in [0.25, 0.3) is 11.1 Å². The van der Waals surface area contributed by atoms with Gasteiger partial charge < -0.3 is 10.2 Å². The van der Waals surface area contributed by atoms with Crippen LogP contribution in [0, 0.1) is 13.8 Å². The minimum Gasteiger partial charge on any atom is -0.872 e. The van der Waals surface area contributed by atoms with Crippen molar-refractivity contribution in [1.29, 1.82) is 0 Å². The number of carboxylic acids is 1. The average molecular weight is 241 g/mol. The van der Waals surface area contributed by atoms with Gasteiger partial charge in [0.25, 0.3) is 0 Å². The van der Waals surface area contributed by atoms with Crippen molar-refractivity contribution in [1.82, 2.24) is 0 Å². The lowest BCUT2D eigenvalue weighted by Crippen LogP contribution is -2.00. The van der Waals surface area contributed by atoms with Gasteiger partial charge in [-0.05, 0) is 48.2 Å². The molecule has 2 aromatic rings. The second-order valence-corrected chi connectivity index (χ2v) is 4.32. The fourth-order valence-electron chi connectivity index (χ4n) is 2.19. The predicted octanol–water partition coefficient (Wildman–Crippen LogP) is 2.74. The van der Waals surface area contributed by atoms with E-state index in [2.05, 4.69) is 0 Å². The van der Waals surface area contributed by atoms with E-state index in [1.807, 2.05) is 19.9 Å². The molecular weight excluding hydrogens is 228 g/mol. The third kappa shape index (κ3) is 2.20. The fourth-order valence-corrected chi connectivity index (χ4v) is 2.19. The van der Waals surface area contributed by atoms with Gasteiger partial charge in [0.1, 0.15) is 0 Å². The Morgan fingerprint density at radius 3 is 2.22 bits per heavy atom. The number of benzene rings is 2. The summed E-state index contributed by atoms with van der Waals surface area (Å²) in [5.41, 5.74) is 3.75. The molecule has 0 radical (unpaired) electrons. The van der Waals surface area contributed by atoms with E-state index in [0.717, 1.165) is 22.3 Å². The van der Waals surface area contributed by atoms with Crippen molar-refractivity contribution in [3.05, 3.63) is 53.1 Å². The second kappa shape index (κ2) is 4.53. The smallest absolute Gasteiger partial charge is 0.335 e. The molecule has 3 nitrogen and oxygen atoms in total. The summed E-state index contributed by atoms with van der Waals surface area (Å²) in [6.45, 7) is 3.71. The predicted molar refractivity (Wildman–Crippen MR) is 67.8 cm³/mol. The molecule has 0 fully saturated rings. The molecule has 92 valence electrons. The first-order valence-corrected chi connectivity index (χ1v) is 5.61. The van der Waals surface area contributed by atoms with Crippen LogP contribution in [-0.2, 0) is 0 Å². The maximum Gasteiger partial charge on any atom is 0.335 e. The van der Waals surface area contributed by atoms with E-state index < -0.39 is 5.97 Å². The molecule has 0 saturated heterocycles. The summed E-state index contributed by atoms with van der Waals surface area (Å²) < 4.78 is 0. The first-order valence-electron chi connectivity index (χ1n) is 5.61. The summed E-state index contributed by atoms with van der Waals surface area (Å²) in [5, 5.41) is 20.4. The molecule has 0 atom stereocenters. The molecule has 2 rings (SSSR count). The quantitative estimate of drug-likeness (QED) is 0.879. The van der Waals surface area contributed by atoms with Crippen LogP contribution in [0.15, 0.2) is 36.4 Å². The van der Waals surface area contributed by atoms with E-state index in [1.54, 1.807) is 24.3 Å².